The molecule has 2 rings (SSSR count). The van der Waals surface area contributed by atoms with Crippen molar-refractivity contribution in [2.24, 2.45) is 7.05 Å². The van der Waals surface area contributed by atoms with E-state index in [4.69, 9.17) is 0 Å². The Kier molecular flexibility index (Phi) is 2.35. The number of nitrogens with zero attached hydrogens (tertiary/aromatic N) is 4. The van der Waals surface area contributed by atoms with Crippen molar-refractivity contribution in [3.8, 4) is 11.4 Å². The maximum atomic E-state index is 13.1. The van der Waals surface area contributed by atoms with Gasteiger partial charge >= 0.3 is 0 Å². The summed E-state index contributed by atoms with van der Waals surface area (Å²) in [6, 6.07) is 3.24. The van der Waals surface area contributed by atoms with Crippen LogP contribution in [0.25, 0.3) is 11.4 Å². The van der Waals surface area contributed by atoms with Crippen LogP contribution in [0.5, 0.6) is 0 Å². The van der Waals surface area contributed by atoms with Crippen LogP contribution in [0.4, 0.5) is 10.1 Å². The van der Waals surface area contributed by atoms with Crippen LogP contribution < -0.4 is 0 Å². The quantitative estimate of drug-likeness (QED) is 0.570. The molecule has 0 atom stereocenters. The van der Waals surface area contributed by atoms with Gasteiger partial charge in [0.25, 0.3) is 5.69 Å². The summed E-state index contributed by atoms with van der Waals surface area (Å²) in [5.41, 5.74) is -0.0326. The minimum atomic E-state index is -0.684. The van der Waals surface area contributed by atoms with E-state index in [-0.39, 0.29) is 17.1 Å². The maximum absolute atomic E-state index is 13.1. The molecule has 16 heavy (non-hydrogen) atoms. The molecule has 0 N–H and O–H groups in total. The molecule has 0 aliphatic heterocycles. The largest absolute Gasteiger partial charge is 0.273 e. The third kappa shape index (κ3) is 1.88. The average Bonchev–Trinajstić information content (AvgIpc) is 2.64. The van der Waals surface area contributed by atoms with E-state index in [1.54, 1.807) is 7.05 Å². The number of non-ortho nitro benzene ring substituents is 1. The molecule has 1 heterocycles. The first kappa shape index (κ1) is 10.2. The standard InChI is InChI=1S/C9H7FN4O2/c1-13-5-11-9(12-13)6-2-7(10)4-8(3-6)14(15)16/h2-5H,1H3. The highest BCUT2D eigenvalue weighted by Gasteiger charge is 2.13. The summed E-state index contributed by atoms with van der Waals surface area (Å²) in [6.45, 7) is 0. The summed E-state index contributed by atoms with van der Waals surface area (Å²) in [7, 11) is 1.66. The van der Waals surface area contributed by atoms with Gasteiger partial charge in [-0.15, -0.1) is 0 Å². The van der Waals surface area contributed by atoms with Gasteiger partial charge < -0.3 is 0 Å². The van der Waals surface area contributed by atoms with Crippen molar-refractivity contribution in [3.05, 3.63) is 40.5 Å². The van der Waals surface area contributed by atoms with Gasteiger partial charge in [0.15, 0.2) is 5.82 Å². The fourth-order valence-electron chi connectivity index (χ4n) is 1.28. The summed E-state index contributed by atoms with van der Waals surface area (Å²) in [5.74, 6) is -0.429. The van der Waals surface area contributed by atoms with Crippen LogP contribution in [-0.4, -0.2) is 19.7 Å². The molecule has 0 saturated heterocycles. The summed E-state index contributed by atoms with van der Waals surface area (Å²) < 4.78 is 14.6. The molecule has 0 radical (unpaired) electrons. The first-order chi connectivity index (χ1) is 7.56. The number of nitro benzene ring substituents is 1. The summed E-state index contributed by atoms with van der Waals surface area (Å²) in [4.78, 5) is 13.8. The van der Waals surface area contributed by atoms with Crippen molar-refractivity contribution >= 4 is 5.69 Å². The van der Waals surface area contributed by atoms with Crippen molar-refractivity contribution < 1.29 is 9.31 Å². The molecule has 1 aromatic heterocycles. The zero-order valence-corrected chi connectivity index (χ0v) is 8.29. The second-order valence-electron chi connectivity index (χ2n) is 3.20. The molecular formula is C9H7FN4O2. The third-order valence-corrected chi connectivity index (χ3v) is 1.95. The lowest BCUT2D eigenvalue weighted by Gasteiger charge is -1.96. The average molecular weight is 222 g/mol. The minimum Gasteiger partial charge on any atom is -0.258 e. The van der Waals surface area contributed by atoms with Gasteiger partial charge in [0.1, 0.15) is 12.1 Å². The van der Waals surface area contributed by atoms with Crippen LogP contribution >= 0.6 is 0 Å². The first-order valence-electron chi connectivity index (χ1n) is 4.37. The van der Waals surface area contributed by atoms with Gasteiger partial charge in [0.05, 0.1) is 11.0 Å². The number of hydrogen-bond donors (Lipinski definition) is 0. The number of aryl methyl sites for hydroxylation is 1. The smallest absolute Gasteiger partial charge is 0.258 e. The van der Waals surface area contributed by atoms with E-state index >= 15 is 0 Å². The van der Waals surface area contributed by atoms with E-state index in [2.05, 4.69) is 10.1 Å². The monoisotopic (exact) mass is 222 g/mol. The van der Waals surface area contributed by atoms with Crippen molar-refractivity contribution in [2.45, 2.75) is 0 Å². The van der Waals surface area contributed by atoms with E-state index in [0.717, 1.165) is 12.1 Å². The predicted molar refractivity (Wildman–Crippen MR) is 53.1 cm³/mol. The van der Waals surface area contributed by atoms with Crippen molar-refractivity contribution in [2.75, 3.05) is 0 Å². The van der Waals surface area contributed by atoms with Gasteiger partial charge in [-0.3, -0.25) is 14.8 Å². The van der Waals surface area contributed by atoms with Gasteiger partial charge in [-0.05, 0) is 6.07 Å². The number of nitro groups is 1. The predicted octanol–water partition coefficient (Wildman–Crippen LogP) is 1.53. The third-order valence-electron chi connectivity index (χ3n) is 1.95. The first-order valence-corrected chi connectivity index (χ1v) is 4.37. The SMILES string of the molecule is Cn1cnc(-c2cc(F)cc([N+](=O)[O-])c2)n1. The highest BCUT2D eigenvalue weighted by Crippen LogP contribution is 2.22. The number of rotatable bonds is 2. The van der Waals surface area contributed by atoms with E-state index in [9.17, 15) is 14.5 Å². The molecule has 7 heteroatoms. The Hall–Kier alpha value is -2.31. The lowest BCUT2D eigenvalue weighted by molar-refractivity contribution is -0.385. The van der Waals surface area contributed by atoms with E-state index < -0.39 is 10.7 Å². The van der Waals surface area contributed by atoms with E-state index in [1.807, 2.05) is 0 Å². The van der Waals surface area contributed by atoms with Crippen LogP contribution in [0.1, 0.15) is 0 Å². The van der Waals surface area contributed by atoms with Gasteiger partial charge in [-0.2, -0.15) is 5.10 Å². The summed E-state index contributed by atoms with van der Waals surface area (Å²) >= 11 is 0. The lowest BCUT2D eigenvalue weighted by Crippen LogP contribution is -1.92. The second-order valence-corrected chi connectivity index (χ2v) is 3.20. The number of aromatic nitrogens is 3. The molecule has 1 aromatic carbocycles. The molecule has 2 aromatic rings. The van der Waals surface area contributed by atoms with Crippen LogP contribution in [0, 0.1) is 15.9 Å². The molecule has 0 amide bonds. The van der Waals surface area contributed by atoms with Crippen LogP contribution in [0.15, 0.2) is 24.5 Å². The summed E-state index contributed by atoms with van der Waals surface area (Å²) in [5, 5.41) is 14.5. The molecule has 6 nitrogen and oxygen atoms in total. The van der Waals surface area contributed by atoms with Crippen LogP contribution in [0.3, 0.4) is 0 Å². The molecule has 0 aliphatic carbocycles. The van der Waals surface area contributed by atoms with Crippen molar-refractivity contribution in [1.82, 2.24) is 14.8 Å². The van der Waals surface area contributed by atoms with Gasteiger partial charge in [0, 0.05) is 18.7 Å². The van der Waals surface area contributed by atoms with Gasteiger partial charge in [0.2, 0.25) is 0 Å². The Bertz CT molecular complexity index is 552. The van der Waals surface area contributed by atoms with Gasteiger partial charge in [-0.1, -0.05) is 0 Å². The van der Waals surface area contributed by atoms with Crippen molar-refractivity contribution in [3.63, 3.8) is 0 Å². The molecular weight excluding hydrogens is 215 g/mol. The van der Waals surface area contributed by atoms with E-state index in [0.29, 0.717) is 0 Å². The molecule has 0 unspecified atom stereocenters. The van der Waals surface area contributed by atoms with Crippen molar-refractivity contribution in [1.29, 1.82) is 0 Å². The fraction of sp³-hybridized carbons (Fsp3) is 0.111. The Morgan fingerprint density at radius 3 is 2.75 bits per heavy atom. The minimum absolute atomic E-state index is 0.255. The van der Waals surface area contributed by atoms with Gasteiger partial charge in [-0.25, -0.2) is 9.37 Å². The van der Waals surface area contributed by atoms with Crippen LogP contribution in [0.2, 0.25) is 0 Å². The molecule has 0 bridgehead atoms. The molecule has 0 aliphatic rings. The zero-order valence-electron chi connectivity index (χ0n) is 8.29. The maximum Gasteiger partial charge on any atom is 0.273 e. The molecule has 0 fully saturated rings. The van der Waals surface area contributed by atoms with Crippen LogP contribution in [-0.2, 0) is 7.05 Å². The zero-order chi connectivity index (χ0) is 11.7. The Balaban J connectivity index is 2.53. The molecule has 0 saturated carbocycles. The Morgan fingerprint density at radius 2 is 2.19 bits per heavy atom. The number of hydrogen-bond acceptors (Lipinski definition) is 4. The number of benzene rings is 1. The fourth-order valence-corrected chi connectivity index (χ4v) is 1.28. The topological polar surface area (TPSA) is 73.8 Å². The van der Waals surface area contributed by atoms with E-state index in [1.165, 1.54) is 17.1 Å². The highest BCUT2D eigenvalue weighted by molar-refractivity contribution is 5.58. The highest BCUT2D eigenvalue weighted by atomic mass is 19.1. The second kappa shape index (κ2) is 3.69. The lowest BCUT2D eigenvalue weighted by atomic mass is 10.2. The normalized spacial score (nSPS) is 10.4. The molecule has 82 valence electrons. The number of halogens is 1. The Labute approximate surface area is 89.5 Å². The summed E-state index contributed by atoms with van der Waals surface area (Å²) in [6.07, 6.45) is 1.44. The molecule has 0 spiro atoms. The Morgan fingerprint density at radius 1 is 1.44 bits per heavy atom.